The van der Waals surface area contributed by atoms with Gasteiger partial charge in [-0.1, -0.05) is 77.3 Å². The molecule has 118 heavy (non-hydrogen) atoms. The van der Waals surface area contributed by atoms with Crippen LogP contribution in [0.15, 0.2) is 163 Å². The molecular formula is C77H69F8N21O8S4. The summed E-state index contributed by atoms with van der Waals surface area (Å²) in [5, 5.41) is 11.8. The number of nitrogen functional groups attached to an aromatic ring is 3. The zero-order valence-electron chi connectivity index (χ0n) is 62.0. The highest BCUT2D eigenvalue weighted by atomic mass is 32.2. The number of hydrogen-bond acceptors (Lipinski definition) is 26. The third kappa shape index (κ3) is 18.7. The lowest BCUT2D eigenvalue weighted by Crippen LogP contribution is -2.36. The van der Waals surface area contributed by atoms with E-state index >= 15 is 13.2 Å². The number of nitrogens with one attached hydrogen (secondary N) is 4. The summed E-state index contributed by atoms with van der Waals surface area (Å²) in [6, 6.07) is 29.5. The first-order valence-corrected chi connectivity index (χ1v) is 40.3. The predicted octanol–water partition coefficient (Wildman–Crippen LogP) is 14.3. The molecule has 0 saturated carbocycles. The lowest BCUT2D eigenvalue weighted by atomic mass is 10.1. The summed E-state index contributed by atoms with van der Waals surface area (Å²) in [5.74, 6) is -3.62. The van der Waals surface area contributed by atoms with Crippen LogP contribution < -0.4 is 63.0 Å². The molecule has 0 radical (unpaired) electrons. The molecular weight excluding hydrogens is 1630 g/mol. The summed E-state index contributed by atoms with van der Waals surface area (Å²) < 4.78 is 154. The Hall–Kier alpha value is -12.7. The van der Waals surface area contributed by atoms with Crippen molar-refractivity contribution in [2.24, 2.45) is 0 Å². The van der Waals surface area contributed by atoms with Gasteiger partial charge in [-0.15, -0.1) is 0 Å². The lowest BCUT2D eigenvalue weighted by Gasteiger charge is -2.26. The summed E-state index contributed by atoms with van der Waals surface area (Å²) in [7, 11) is -3.37. The Kier molecular flexibility index (Phi) is 24.9. The van der Waals surface area contributed by atoms with Crippen LogP contribution in [0.1, 0.15) is 12.5 Å². The first kappa shape index (κ1) is 81.9. The SMILES string of the molecule is CCS(=O)(=O)c1ccc(NC(=O)Nc2cccc(-c3sc(N4CCOCC4)nc3-c3ccnc(N)n3)c2F)cc1.Nc1nccc(-c2nc(N3CCOCC3)sc2-c2cccc(N3CCN(c4ccc(C(F)(F)F)cc4)C3=O)c2F)n1.Nc1nccc(-c2nc(N3CCOCC3)sc2-c2cccc(NC(=O)Nc3ccc(F)cc3F)c2F)n1. The Bertz CT molecular complexity index is 5800. The van der Waals surface area contributed by atoms with Gasteiger partial charge in [-0.05, 0) is 97.1 Å². The largest absolute Gasteiger partial charge is 0.416 e. The molecule has 0 aliphatic carbocycles. The molecule has 12 aromatic rings. The zero-order chi connectivity index (χ0) is 82.9. The van der Waals surface area contributed by atoms with Crippen LogP contribution in [0.25, 0.3) is 65.5 Å². The summed E-state index contributed by atoms with van der Waals surface area (Å²) in [5.41, 5.74) is 20.1. The van der Waals surface area contributed by atoms with Crippen molar-refractivity contribution in [3.8, 4) is 65.5 Å². The Morgan fingerprint density at radius 2 is 0.881 bits per heavy atom. The minimum Gasteiger partial charge on any atom is -0.378 e. The van der Waals surface area contributed by atoms with E-state index in [0.29, 0.717) is 161 Å². The molecule has 0 atom stereocenters. The van der Waals surface area contributed by atoms with Gasteiger partial charge in [-0.2, -0.15) is 13.2 Å². The monoisotopic (exact) mass is 1700 g/mol. The van der Waals surface area contributed by atoms with Gasteiger partial charge in [-0.3, -0.25) is 9.80 Å². The maximum Gasteiger partial charge on any atom is 0.416 e. The lowest BCUT2D eigenvalue weighted by molar-refractivity contribution is -0.137. The first-order chi connectivity index (χ1) is 56.8. The normalized spacial score (nSPS) is 14.4. The number of carbonyl (C=O) groups is 3. The van der Waals surface area contributed by atoms with E-state index in [1.54, 1.807) is 61.5 Å². The molecule has 4 saturated heterocycles. The second kappa shape index (κ2) is 35.8. The molecule has 41 heteroatoms. The average molecular weight is 1700 g/mol. The number of anilines is 12. The molecule has 610 valence electrons. The van der Waals surface area contributed by atoms with Crippen molar-refractivity contribution in [2.75, 3.05) is 161 Å². The van der Waals surface area contributed by atoms with E-state index in [2.05, 4.69) is 61.0 Å². The van der Waals surface area contributed by atoms with Crippen molar-refractivity contribution >= 4 is 129 Å². The van der Waals surface area contributed by atoms with Crippen molar-refractivity contribution in [3.05, 3.63) is 193 Å². The fourth-order valence-corrected chi connectivity index (χ4v) is 16.9. The first-order valence-electron chi connectivity index (χ1n) is 36.2. The van der Waals surface area contributed by atoms with Gasteiger partial charge in [-0.25, -0.2) is 89.6 Å². The van der Waals surface area contributed by atoms with E-state index < -0.39 is 68.8 Å². The molecule has 6 amide bonds. The second-order valence-electron chi connectivity index (χ2n) is 26.0. The van der Waals surface area contributed by atoms with Crippen molar-refractivity contribution in [3.63, 3.8) is 0 Å². The van der Waals surface area contributed by atoms with Crippen LogP contribution in [0.3, 0.4) is 0 Å². The molecule has 10 heterocycles. The maximum atomic E-state index is 16.3. The number of amides is 6. The molecule has 29 nitrogen and oxygen atoms in total. The number of ether oxygens (including phenoxy) is 3. The molecule has 4 aliphatic rings. The predicted molar refractivity (Wildman–Crippen MR) is 435 cm³/mol. The highest BCUT2D eigenvalue weighted by Crippen LogP contribution is 2.47. The molecule has 0 unspecified atom stereocenters. The van der Waals surface area contributed by atoms with Crippen LogP contribution >= 0.6 is 34.0 Å². The van der Waals surface area contributed by atoms with Gasteiger partial charge in [0, 0.05) is 105 Å². The molecule has 10 N–H and O–H groups in total. The van der Waals surface area contributed by atoms with Gasteiger partial charge in [0.2, 0.25) is 17.8 Å². The van der Waals surface area contributed by atoms with Crippen LogP contribution in [0.5, 0.6) is 0 Å². The minimum absolute atomic E-state index is 0.0318. The third-order valence-electron chi connectivity index (χ3n) is 18.5. The number of alkyl halides is 3. The Morgan fingerprint density at radius 1 is 0.475 bits per heavy atom. The number of rotatable bonds is 17. The minimum atomic E-state index is -4.49. The smallest absolute Gasteiger partial charge is 0.378 e. The number of aromatic nitrogens is 9. The Morgan fingerprint density at radius 3 is 1.30 bits per heavy atom. The Balaban J connectivity index is 0.000000146. The molecule has 16 rings (SSSR count). The van der Waals surface area contributed by atoms with E-state index in [0.717, 1.165) is 24.3 Å². The number of nitrogens with two attached hydrogens (primary N) is 3. The van der Waals surface area contributed by atoms with Crippen LogP contribution in [0, 0.1) is 29.1 Å². The van der Waals surface area contributed by atoms with Gasteiger partial charge in [0.15, 0.2) is 42.7 Å². The van der Waals surface area contributed by atoms with Gasteiger partial charge in [0.1, 0.15) is 28.7 Å². The summed E-state index contributed by atoms with van der Waals surface area (Å²) in [4.78, 5) is 87.8. The summed E-state index contributed by atoms with van der Waals surface area (Å²) in [6.45, 7) is 8.98. The van der Waals surface area contributed by atoms with Crippen molar-refractivity contribution < 1.29 is 72.1 Å². The number of benzene rings is 6. The molecule has 0 bridgehead atoms. The van der Waals surface area contributed by atoms with Crippen molar-refractivity contribution in [2.45, 2.75) is 18.0 Å². The van der Waals surface area contributed by atoms with Crippen molar-refractivity contribution in [1.82, 2.24) is 44.9 Å². The van der Waals surface area contributed by atoms with Gasteiger partial charge < -0.3 is 67.4 Å². The van der Waals surface area contributed by atoms with E-state index in [4.69, 9.17) is 46.4 Å². The number of halogens is 8. The van der Waals surface area contributed by atoms with E-state index in [9.17, 15) is 44.8 Å². The highest BCUT2D eigenvalue weighted by Gasteiger charge is 2.37. The molecule has 0 spiro atoms. The number of nitrogens with zero attached hydrogens (tertiary/aromatic N) is 14. The standard InChI is InChI=1S/C27H23F4N7O2S.C26H26FN7O4S2.C24H20F3N7O2S/c28-21-18(23-22(19-8-9-33-24(32)34-19)35-25(41-23)36-12-14-40-15-13-36)2-1-3-20(21)38-11-10-37(26(38)39)17-6-4-16(5-7-17)27(29,30)31;1-2-40(36,37)17-8-6-16(7-9-17)30-25(35)32-19-5-3-4-18(21(19)27)23-22(20-10-11-29-24(28)31-20)33-26(39-23)34-12-14-38-15-13-34;25-13-4-5-16(15(26)12-13)31-23(35)32-17-3-1-2-14(19(17)27)21-20(18-6-7-29-22(28)30-18)33-24(37-21)34-8-10-36-11-9-34/h1-9H,10-15H2,(H2,32,33,34);3-11H,2,12-15H2,1H3,(H2,28,29,31)(H2,30,32,35);1-7,12H,8-11H2,(H2,28,29,30)(H2,31,32,35). The van der Waals surface area contributed by atoms with Crippen molar-refractivity contribution in [1.29, 1.82) is 0 Å². The maximum absolute atomic E-state index is 16.3. The molecule has 6 aromatic carbocycles. The molecule has 4 aliphatic heterocycles. The number of sulfone groups is 1. The van der Waals surface area contributed by atoms with Gasteiger partial charge in [0.25, 0.3) is 0 Å². The number of hydrogen-bond donors (Lipinski definition) is 7. The fourth-order valence-electron chi connectivity index (χ4n) is 12.6. The molecule has 4 fully saturated rings. The quantitative estimate of drug-likeness (QED) is 0.0416. The fraction of sp³-hybridized carbons (Fsp3) is 0.221. The highest BCUT2D eigenvalue weighted by molar-refractivity contribution is 7.91. The third-order valence-corrected chi connectivity index (χ3v) is 23.7. The number of carbonyl (C=O) groups excluding carboxylic acids is 3. The van der Waals surface area contributed by atoms with E-state index in [1.165, 1.54) is 117 Å². The Labute approximate surface area is 679 Å². The number of thiazole rings is 3. The van der Waals surface area contributed by atoms with Gasteiger partial charge >= 0.3 is 24.3 Å². The zero-order valence-corrected chi connectivity index (χ0v) is 65.3. The van der Waals surface area contributed by atoms with Crippen LogP contribution in [0.2, 0.25) is 0 Å². The van der Waals surface area contributed by atoms with Crippen LogP contribution in [-0.2, 0) is 30.2 Å². The van der Waals surface area contributed by atoms with Gasteiger partial charge in [0.05, 0.1) is 110 Å². The molecule has 6 aromatic heterocycles. The van der Waals surface area contributed by atoms with E-state index in [-0.39, 0.29) is 81.0 Å². The van der Waals surface area contributed by atoms with E-state index in [1.807, 2.05) is 4.90 Å². The number of morpholine rings is 3. The second-order valence-corrected chi connectivity index (χ2v) is 31.2. The summed E-state index contributed by atoms with van der Waals surface area (Å²) >= 11 is 3.88. The topological polar surface area (TPSA) is 371 Å². The van der Waals surface area contributed by atoms with Crippen LogP contribution in [-0.4, -0.2) is 169 Å². The average Bonchev–Trinajstić information content (AvgIpc) is 1.63. The van der Waals surface area contributed by atoms with Crippen LogP contribution in [0.4, 0.5) is 117 Å². The number of urea groups is 3. The summed E-state index contributed by atoms with van der Waals surface area (Å²) in [6.07, 6.45) is 0.0129.